The molecule has 0 saturated heterocycles. The van der Waals surface area contributed by atoms with Gasteiger partial charge < -0.3 is 0 Å². The second-order valence-electron chi connectivity index (χ2n) is 4.23. The molecule has 0 aliphatic heterocycles. The fourth-order valence-corrected chi connectivity index (χ4v) is 3.02. The maximum absolute atomic E-state index is 3.84. The molecule has 12 heavy (non-hydrogen) atoms. The summed E-state index contributed by atoms with van der Waals surface area (Å²) in [5, 5.41) is 0. The molecule has 0 amide bonds. The van der Waals surface area contributed by atoms with Crippen LogP contribution in [-0.2, 0) is 0 Å². The summed E-state index contributed by atoms with van der Waals surface area (Å²) in [6.07, 6.45) is 6.08. The van der Waals surface area contributed by atoms with Crippen LogP contribution in [-0.4, -0.2) is 0 Å². The first kappa shape index (κ1) is 8.10. The van der Waals surface area contributed by atoms with Crippen LogP contribution in [0.25, 0.3) is 0 Å². The zero-order chi connectivity index (χ0) is 8.72. The van der Waals surface area contributed by atoms with Gasteiger partial charge in [-0.3, -0.25) is 0 Å². The molecule has 0 heteroatoms. The van der Waals surface area contributed by atoms with Crippen molar-refractivity contribution in [3.05, 3.63) is 23.8 Å². The van der Waals surface area contributed by atoms with Crippen molar-refractivity contribution in [2.24, 2.45) is 17.8 Å². The third kappa shape index (κ3) is 0.972. The molecular formula is C12H18. The van der Waals surface area contributed by atoms with Crippen molar-refractivity contribution in [3.63, 3.8) is 0 Å². The minimum absolute atomic E-state index is 0.910. The first-order valence-corrected chi connectivity index (χ1v) is 5.11. The summed E-state index contributed by atoms with van der Waals surface area (Å²) in [5.41, 5.74) is 3.52. The summed E-state index contributed by atoms with van der Waals surface area (Å²) < 4.78 is 0. The van der Waals surface area contributed by atoms with Gasteiger partial charge in [-0.25, -0.2) is 0 Å². The SMILES string of the molecule is C=CCC1CC2C(C)=C2C1CC. The minimum atomic E-state index is 0.910. The Hall–Kier alpha value is -0.520. The molecule has 3 unspecified atom stereocenters. The minimum Gasteiger partial charge on any atom is -0.103 e. The summed E-state index contributed by atoms with van der Waals surface area (Å²) in [5.74, 6) is 2.77. The third-order valence-electron chi connectivity index (χ3n) is 3.69. The van der Waals surface area contributed by atoms with Crippen LogP contribution < -0.4 is 0 Å². The molecular weight excluding hydrogens is 144 g/mol. The van der Waals surface area contributed by atoms with Crippen molar-refractivity contribution in [1.29, 1.82) is 0 Å². The van der Waals surface area contributed by atoms with Crippen molar-refractivity contribution in [1.82, 2.24) is 0 Å². The molecule has 0 N–H and O–H groups in total. The summed E-state index contributed by atoms with van der Waals surface area (Å²) in [6.45, 7) is 8.47. The van der Waals surface area contributed by atoms with Gasteiger partial charge in [0.05, 0.1) is 0 Å². The Kier molecular flexibility index (Phi) is 1.86. The van der Waals surface area contributed by atoms with Gasteiger partial charge in [0.25, 0.3) is 0 Å². The molecule has 0 bridgehead atoms. The lowest BCUT2D eigenvalue weighted by Gasteiger charge is -2.17. The molecule has 3 atom stereocenters. The van der Waals surface area contributed by atoms with Crippen LogP contribution in [0.15, 0.2) is 23.8 Å². The molecule has 66 valence electrons. The fraction of sp³-hybridized carbons (Fsp3) is 0.667. The van der Waals surface area contributed by atoms with Crippen LogP contribution in [0.3, 0.4) is 0 Å². The van der Waals surface area contributed by atoms with Gasteiger partial charge in [-0.2, -0.15) is 0 Å². The first-order chi connectivity index (χ1) is 5.79. The zero-order valence-electron chi connectivity index (χ0n) is 8.14. The molecule has 0 aromatic heterocycles. The molecule has 1 saturated carbocycles. The van der Waals surface area contributed by atoms with Crippen LogP contribution in [0.5, 0.6) is 0 Å². The molecule has 2 rings (SSSR count). The summed E-state index contributed by atoms with van der Waals surface area (Å²) in [6, 6.07) is 0. The fourth-order valence-electron chi connectivity index (χ4n) is 3.02. The molecule has 0 nitrogen and oxygen atoms in total. The lowest BCUT2D eigenvalue weighted by molar-refractivity contribution is 0.401. The van der Waals surface area contributed by atoms with E-state index >= 15 is 0 Å². The van der Waals surface area contributed by atoms with Crippen molar-refractivity contribution in [2.45, 2.75) is 33.1 Å². The standard InChI is InChI=1S/C12H18/c1-4-6-9-7-11-8(3)12(11)10(9)5-2/h4,9-11H,1,5-7H2,2-3H3. The Morgan fingerprint density at radius 2 is 2.33 bits per heavy atom. The number of hydrogen-bond donors (Lipinski definition) is 0. The Morgan fingerprint density at radius 1 is 1.58 bits per heavy atom. The van der Waals surface area contributed by atoms with Crippen LogP contribution in [0.1, 0.15) is 33.1 Å². The molecule has 1 fully saturated rings. The number of rotatable bonds is 3. The van der Waals surface area contributed by atoms with Gasteiger partial charge in [0.15, 0.2) is 0 Å². The topological polar surface area (TPSA) is 0 Å². The maximum Gasteiger partial charge on any atom is 0.00158 e. The molecule has 0 spiro atoms. The summed E-state index contributed by atoms with van der Waals surface area (Å²) >= 11 is 0. The van der Waals surface area contributed by atoms with Crippen LogP contribution in [0.2, 0.25) is 0 Å². The average Bonchev–Trinajstić information content (AvgIpc) is 2.58. The van der Waals surface area contributed by atoms with Crippen molar-refractivity contribution < 1.29 is 0 Å². The lowest BCUT2D eigenvalue weighted by Crippen LogP contribution is -2.07. The molecule has 0 aromatic carbocycles. The van der Waals surface area contributed by atoms with E-state index in [1.54, 1.807) is 5.57 Å². The maximum atomic E-state index is 3.84. The highest BCUT2D eigenvalue weighted by Gasteiger charge is 2.47. The highest BCUT2D eigenvalue weighted by atomic mass is 14.5. The van der Waals surface area contributed by atoms with E-state index in [1.807, 2.05) is 5.57 Å². The molecule has 0 aromatic rings. The quantitative estimate of drug-likeness (QED) is 0.557. The second kappa shape index (κ2) is 2.76. The average molecular weight is 162 g/mol. The molecule has 0 heterocycles. The van der Waals surface area contributed by atoms with E-state index in [1.165, 1.54) is 19.3 Å². The van der Waals surface area contributed by atoms with Gasteiger partial charge in [0.2, 0.25) is 0 Å². The molecule has 2 aliphatic carbocycles. The smallest absolute Gasteiger partial charge is 0.00158 e. The van der Waals surface area contributed by atoms with Crippen molar-refractivity contribution in [2.75, 3.05) is 0 Å². The number of hydrogen-bond acceptors (Lipinski definition) is 0. The van der Waals surface area contributed by atoms with Gasteiger partial charge in [-0.05, 0) is 38.0 Å². The normalized spacial score (nSPS) is 38.3. The van der Waals surface area contributed by atoms with E-state index in [-0.39, 0.29) is 0 Å². The van der Waals surface area contributed by atoms with Gasteiger partial charge in [-0.15, -0.1) is 6.58 Å². The van der Waals surface area contributed by atoms with E-state index in [4.69, 9.17) is 0 Å². The van der Waals surface area contributed by atoms with Gasteiger partial charge in [0, 0.05) is 5.92 Å². The van der Waals surface area contributed by atoms with E-state index in [9.17, 15) is 0 Å². The molecule has 0 radical (unpaired) electrons. The van der Waals surface area contributed by atoms with Gasteiger partial charge >= 0.3 is 0 Å². The monoisotopic (exact) mass is 162 g/mol. The van der Waals surface area contributed by atoms with Crippen molar-refractivity contribution >= 4 is 0 Å². The Labute approximate surface area is 75.4 Å². The molecule has 2 aliphatic rings. The Morgan fingerprint density at radius 3 is 2.92 bits per heavy atom. The highest BCUT2D eigenvalue weighted by molar-refractivity contribution is 5.45. The second-order valence-corrected chi connectivity index (χ2v) is 4.23. The van der Waals surface area contributed by atoms with Crippen molar-refractivity contribution in [3.8, 4) is 0 Å². The predicted molar refractivity (Wildman–Crippen MR) is 52.9 cm³/mol. The largest absolute Gasteiger partial charge is 0.103 e. The van der Waals surface area contributed by atoms with Crippen LogP contribution in [0, 0.1) is 17.8 Å². The van der Waals surface area contributed by atoms with E-state index in [0.717, 1.165) is 17.8 Å². The highest BCUT2D eigenvalue weighted by Crippen LogP contribution is 2.59. The zero-order valence-corrected chi connectivity index (χ0v) is 8.14. The van der Waals surface area contributed by atoms with E-state index in [2.05, 4.69) is 26.5 Å². The number of fused-ring (bicyclic) bond motifs is 1. The predicted octanol–water partition coefficient (Wildman–Crippen LogP) is 3.55. The Balaban J connectivity index is 2.07. The van der Waals surface area contributed by atoms with E-state index in [0.29, 0.717) is 0 Å². The third-order valence-corrected chi connectivity index (χ3v) is 3.69. The first-order valence-electron chi connectivity index (χ1n) is 5.11. The van der Waals surface area contributed by atoms with Gasteiger partial charge in [-0.1, -0.05) is 24.1 Å². The summed E-state index contributed by atoms with van der Waals surface area (Å²) in [4.78, 5) is 0. The van der Waals surface area contributed by atoms with Gasteiger partial charge in [0.1, 0.15) is 0 Å². The van der Waals surface area contributed by atoms with Crippen LogP contribution >= 0.6 is 0 Å². The number of allylic oxidation sites excluding steroid dienone is 3. The Bertz CT molecular complexity index is 234. The van der Waals surface area contributed by atoms with Crippen LogP contribution in [0.4, 0.5) is 0 Å². The van der Waals surface area contributed by atoms with E-state index < -0.39 is 0 Å². The lowest BCUT2D eigenvalue weighted by atomic mass is 9.88. The summed E-state index contributed by atoms with van der Waals surface area (Å²) in [7, 11) is 0.